The number of fused-ring (bicyclic) bond motifs is 1. The highest BCUT2D eigenvalue weighted by molar-refractivity contribution is 7.98. The first-order chi connectivity index (χ1) is 16.0. The maximum Gasteiger partial charge on any atom is 0.336 e. The van der Waals surface area contributed by atoms with Gasteiger partial charge >= 0.3 is 5.97 Å². The Bertz CT molecular complexity index is 1240. The molecule has 7 nitrogen and oxygen atoms in total. The Kier molecular flexibility index (Phi) is 6.84. The van der Waals surface area contributed by atoms with Crippen LogP contribution in [0.15, 0.2) is 75.8 Å². The number of benzene rings is 2. The van der Waals surface area contributed by atoms with Crippen LogP contribution in [-0.2, 0) is 16.1 Å². The summed E-state index contributed by atoms with van der Waals surface area (Å²) in [6, 6.07) is 17.3. The molecule has 0 fully saturated rings. The molecule has 33 heavy (non-hydrogen) atoms. The van der Waals surface area contributed by atoms with Gasteiger partial charge in [0.2, 0.25) is 0 Å². The normalized spacial score (nSPS) is 14.9. The van der Waals surface area contributed by atoms with E-state index >= 15 is 0 Å². The van der Waals surface area contributed by atoms with Crippen LogP contribution >= 0.6 is 11.8 Å². The van der Waals surface area contributed by atoms with Gasteiger partial charge in [-0.25, -0.2) is 9.78 Å². The molecule has 0 amide bonds. The highest BCUT2D eigenvalue weighted by Gasteiger charge is 2.36. The zero-order valence-corrected chi connectivity index (χ0v) is 19.5. The second kappa shape index (κ2) is 9.95. The van der Waals surface area contributed by atoms with Gasteiger partial charge in [-0.2, -0.15) is 0 Å². The van der Waals surface area contributed by atoms with Gasteiger partial charge in [0.05, 0.1) is 23.7 Å². The number of nitrogens with one attached hydrogen (secondary N) is 2. The van der Waals surface area contributed by atoms with Gasteiger partial charge in [-0.3, -0.25) is 4.79 Å². The van der Waals surface area contributed by atoms with Crippen molar-refractivity contribution in [3.05, 3.63) is 92.9 Å². The lowest BCUT2D eigenvalue weighted by molar-refractivity contribution is -0.138. The van der Waals surface area contributed by atoms with E-state index < -0.39 is 11.9 Å². The van der Waals surface area contributed by atoms with Crippen molar-refractivity contribution in [3.63, 3.8) is 0 Å². The molecule has 0 saturated carbocycles. The molecular weight excluding hydrogens is 438 g/mol. The fraction of sp³-hybridized carbons (Fsp3) is 0.240. The highest BCUT2D eigenvalue weighted by atomic mass is 32.2. The Morgan fingerprint density at radius 2 is 1.85 bits per heavy atom. The first-order valence-corrected chi connectivity index (χ1v) is 11.8. The van der Waals surface area contributed by atoms with E-state index in [2.05, 4.69) is 15.3 Å². The number of aromatic amines is 1. The lowest BCUT2D eigenvalue weighted by Crippen LogP contribution is -2.31. The number of hydrogen-bond donors (Lipinski definition) is 2. The summed E-state index contributed by atoms with van der Waals surface area (Å²) < 4.78 is 11.2. The predicted octanol–water partition coefficient (Wildman–Crippen LogP) is 4.47. The topological polar surface area (TPSA) is 93.3 Å². The highest BCUT2D eigenvalue weighted by Crippen LogP contribution is 2.40. The average Bonchev–Trinajstić information content (AvgIpc) is 2.82. The second-order valence-corrected chi connectivity index (χ2v) is 8.29. The van der Waals surface area contributed by atoms with Gasteiger partial charge in [0.25, 0.3) is 5.56 Å². The zero-order chi connectivity index (χ0) is 23.4. The number of ether oxygens (including phenoxy) is 2. The quantitative estimate of drug-likeness (QED) is 0.303. The molecule has 0 aliphatic carbocycles. The number of rotatable bonds is 7. The van der Waals surface area contributed by atoms with Gasteiger partial charge in [-0.1, -0.05) is 54.2 Å². The van der Waals surface area contributed by atoms with Crippen molar-refractivity contribution in [2.24, 2.45) is 0 Å². The lowest BCUT2D eigenvalue weighted by atomic mass is 9.82. The van der Waals surface area contributed by atoms with Crippen molar-refractivity contribution in [2.45, 2.75) is 31.5 Å². The molecule has 0 bridgehead atoms. The molecule has 2 N–H and O–H groups in total. The second-order valence-electron chi connectivity index (χ2n) is 7.50. The fourth-order valence-electron chi connectivity index (χ4n) is 3.84. The Morgan fingerprint density at radius 3 is 2.52 bits per heavy atom. The third-order valence-electron chi connectivity index (χ3n) is 5.37. The van der Waals surface area contributed by atoms with Crippen LogP contribution in [0.1, 0.15) is 36.5 Å². The molecule has 4 rings (SSSR count). The first kappa shape index (κ1) is 22.7. The van der Waals surface area contributed by atoms with Crippen molar-refractivity contribution >= 4 is 23.5 Å². The summed E-state index contributed by atoms with van der Waals surface area (Å²) >= 11 is 1.34. The van der Waals surface area contributed by atoms with Gasteiger partial charge in [-0.15, -0.1) is 0 Å². The maximum atomic E-state index is 13.0. The predicted molar refractivity (Wildman–Crippen MR) is 129 cm³/mol. The van der Waals surface area contributed by atoms with E-state index in [0.717, 1.165) is 11.1 Å². The largest absolute Gasteiger partial charge is 0.489 e. The van der Waals surface area contributed by atoms with Crippen LogP contribution in [0.2, 0.25) is 0 Å². The minimum atomic E-state index is -0.615. The molecule has 1 atom stereocenters. The van der Waals surface area contributed by atoms with E-state index in [1.54, 1.807) is 13.8 Å². The van der Waals surface area contributed by atoms with Gasteiger partial charge in [0, 0.05) is 5.70 Å². The summed E-state index contributed by atoms with van der Waals surface area (Å²) in [5.74, 6) is 0.0643. The summed E-state index contributed by atoms with van der Waals surface area (Å²) in [7, 11) is 0. The molecule has 2 heterocycles. The van der Waals surface area contributed by atoms with Gasteiger partial charge in [-0.05, 0) is 43.4 Å². The van der Waals surface area contributed by atoms with Gasteiger partial charge < -0.3 is 19.8 Å². The summed E-state index contributed by atoms with van der Waals surface area (Å²) in [4.78, 5) is 33.2. The number of hydrogen-bond acceptors (Lipinski definition) is 7. The molecule has 1 aromatic heterocycles. The molecule has 0 radical (unpaired) electrons. The number of carbonyl (C=O) groups is 1. The molecule has 1 aliphatic heterocycles. The van der Waals surface area contributed by atoms with Crippen LogP contribution in [0.5, 0.6) is 5.75 Å². The maximum absolute atomic E-state index is 13.0. The van der Waals surface area contributed by atoms with Crippen LogP contribution in [0.3, 0.4) is 0 Å². The van der Waals surface area contributed by atoms with Crippen LogP contribution < -0.4 is 15.6 Å². The van der Waals surface area contributed by atoms with Crippen LogP contribution in [0, 0.1) is 0 Å². The number of thioether (sulfide) groups is 1. The Morgan fingerprint density at radius 1 is 1.12 bits per heavy atom. The summed E-state index contributed by atoms with van der Waals surface area (Å²) in [6.45, 7) is 4.23. The number of esters is 1. The molecule has 3 aromatic rings. The minimum absolute atomic E-state index is 0.238. The van der Waals surface area contributed by atoms with Crippen molar-refractivity contribution in [3.8, 4) is 5.75 Å². The SMILES string of the molecule is CCOC(=O)C1=C(C)Nc2nc(SC)[nH]c(=O)c2C1c1ccc(OCc2ccccc2)cc1. The van der Waals surface area contributed by atoms with Crippen LogP contribution in [-0.4, -0.2) is 28.8 Å². The van der Waals surface area contributed by atoms with Crippen LogP contribution in [0.25, 0.3) is 0 Å². The van der Waals surface area contributed by atoms with E-state index in [4.69, 9.17) is 9.47 Å². The van der Waals surface area contributed by atoms with Gasteiger partial charge in [0.1, 0.15) is 18.2 Å². The number of nitrogens with zero attached hydrogens (tertiary/aromatic N) is 1. The number of anilines is 1. The zero-order valence-electron chi connectivity index (χ0n) is 18.7. The molecule has 0 saturated heterocycles. The smallest absolute Gasteiger partial charge is 0.336 e. The molecule has 0 spiro atoms. The summed E-state index contributed by atoms with van der Waals surface area (Å²) in [5.41, 5.74) is 2.95. The Labute approximate surface area is 196 Å². The minimum Gasteiger partial charge on any atom is -0.489 e. The Balaban J connectivity index is 1.71. The average molecular weight is 464 g/mol. The third-order valence-corrected chi connectivity index (χ3v) is 5.95. The molecule has 8 heteroatoms. The molecular formula is C25H25N3O4S. The van der Waals surface area contributed by atoms with Crippen molar-refractivity contribution in [2.75, 3.05) is 18.2 Å². The first-order valence-electron chi connectivity index (χ1n) is 10.6. The number of allylic oxidation sites excluding steroid dienone is 1. The molecule has 170 valence electrons. The van der Waals surface area contributed by atoms with Crippen molar-refractivity contribution < 1.29 is 14.3 Å². The number of H-pyrrole nitrogens is 1. The fourth-order valence-corrected chi connectivity index (χ4v) is 4.22. The summed E-state index contributed by atoms with van der Waals surface area (Å²) in [6.07, 6.45) is 1.84. The van der Waals surface area contributed by atoms with Crippen molar-refractivity contribution in [1.29, 1.82) is 0 Å². The van der Waals surface area contributed by atoms with Crippen molar-refractivity contribution in [1.82, 2.24) is 9.97 Å². The Hall–Kier alpha value is -3.52. The van der Waals surface area contributed by atoms with E-state index in [1.165, 1.54) is 11.8 Å². The summed E-state index contributed by atoms with van der Waals surface area (Å²) in [5, 5.41) is 3.63. The molecule has 1 aliphatic rings. The third kappa shape index (κ3) is 4.80. The lowest BCUT2D eigenvalue weighted by Gasteiger charge is -2.28. The monoisotopic (exact) mass is 463 g/mol. The van der Waals surface area contributed by atoms with E-state index in [1.807, 2.05) is 60.9 Å². The number of aromatic nitrogens is 2. The van der Waals surface area contributed by atoms with E-state index in [9.17, 15) is 9.59 Å². The molecule has 1 unspecified atom stereocenters. The van der Waals surface area contributed by atoms with E-state index in [0.29, 0.717) is 40.2 Å². The van der Waals surface area contributed by atoms with E-state index in [-0.39, 0.29) is 12.2 Å². The standard InChI is InChI=1S/C25H25N3O4S/c1-4-31-24(30)19-15(2)26-22-21(23(29)28-25(27-22)33-3)20(19)17-10-12-18(13-11-17)32-14-16-8-6-5-7-9-16/h5-13,20H,4,14H2,1-3H3,(H2,26,27,28,29). The van der Waals surface area contributed by atoms with Gasteiger partial charge in [0.15, 0.2) is 5.16 Å². The van der Waals surface area contributed by atoms with Crippen LogP contribution in [0.4, 0.5) is 5.82 Å². The molecule has 2 aromatic carbocycles. The number of carbonyl (C=O) groups excluding carboxylic acids is 1.